The number of amides is 2. The molecular weight excluding hydrogens is 394 g/mol. The molecule has 1 aromatic carbocycles. The van der Waals surface area contributed by atoms with Crippen molar-refractivity contribution in [2.75, 3.05) is 4.72 Å². The lowest BCUT2D eigenvalue weighted by atomic mass is 9.81. The first-order valence-electron chi connectivity index (χ1n) is 9.67. The third kappa shape index (κ3) is 3.66. The Bertz CT molecular complexity index is 1050. The van der Waals surface area contributed by atoms with E-state index in [1.165, 1.54) is 17.0 Å². The van der Waals surface area contributed by atoms with Gasteiger partial charge in [-0.25, -0.2) is 8.42 Å². The fourth-order valence-electron chi connectivity index (χ4n) is 4.21. The van der Waals surface area contributed by atoms with Crippen LogP contribution in [0.3, 0.4) is 0 Å². The molecule has 2 aromatic rings. The van der Waals surface area contributed by atoms with Crippen LogP contribution in [0.5, 0.6) is 0 Å². The molecule has 2 atom stereocenters. The van der Waals surface area contributed by atoms with E-state index in [2.05, 4.69) is 9.88 Å². The number of likely N-dealkylation sites (tertiary alicyclic amines) is 1. The van der Waals surface area contributed by atoms with Gasteiger partial charge < -0.3 is 4.52 Å². The van der Waals surface area contributed by atoms with Crippen LogP contribution >= 0.6 is 0 Å². The SMILES string of the molecule is Cc1cc(NS(=O)(=O)c2cc(CN3C(=O)[C@H]4CCCC[C@H]4C3=O)ccc2C)no1. The molecule has 0 unspecified atom stereocenters. The van der Waals surface area contributed by atoms with Gasteiger partial charge in [0.25, 0.3) is 10.0 Å². The molecule has 1 aliphatic heterocycles. The predicted octanol–water partition coefficient (Wildman–Crippen LogP) is 2.77. The zero-order valence-corrected chi connectivity index (χ0v) is 17.2. The number of carbonyl (C=O) groups excluding carboxylic acids is 2. The van der Waals surface area contributed by atoms with Crippen molar-refractivity contribution in [3.8, 4) is 0 Å². The van der Waals surface area contributed by atoms with Crippen LogP contribution in [0.15, 0.2) is 33.7 Å². The van der Waals surface area contributed by atoms with Gasteiger partial charge in [-0.1, -0.05) is 30.1 Å². The number of nitrogens with zero attached hydrogens (tertiary/aromatic N) is 2. The molecule has 4 rings (SSSR count). The van der Waals surface area contributed by atoms with Crippen LogP contribution in [-0.2, 0) is 26.2 Å². The average molecular weight is 417 g/mol. The van der Waals surface area contributed by atoms with Crippen molar-refractivity contribution in [3.63, 3.8) is 0 Å². The quantitative estimate of drug-likeness (QED) is 0.749. The summed E-state index contributed by atoms with van der Waals surface area (Å²) in [7, 11) is -3.90. The summed E-state index contributed by atoms with van der Waals surface area (Å²) in [6, 6.07) is 6.42. The monoisotopic (exact) mass is 417 g/mol. The fraction of sp³-hybridized carbons (Fsp3) is 0.450. The Morgan fingerprint density at radius 1 is 1.10 bits per heavy atom. The lowest BCUT2D eigenvalue weighted by Gasteiger charge is -2.19. The maximum absolute atomic E-state index is 12.8. The van der Waals surface area contributed by atoms with Crippen molar-refractivity contribution in [2.45, 2.75) is 51.0 Å². The molecule has 8 nitrogen and oxygen atoms in total. The topological polar surface area (TPSA) is 110 Å². The first-order valence-corrected chi connectivity index (χ1v) is 11.2. The molecule has 0 radical (unpaired) electrons. The van der Waals surface area contributed by atoms with Crippen molar-refractivity contribution in [1.82, 2.24) is 10.1 Å². The number of benzene rings is 1. The van der Waals surface area contributed by atoms with E-state index in [0.29, 0.717) is 16.9 Å². The van der Waals surface area contributed by atoms with Crippen LogP contribution in [0, 0.1) is 25.7 Å². The Hall–Kier alpha value is -2.68. The minimum atomic E-state index is -3.90. The second-order valence-electron chi connectivity index (χ2n) is 7.79. The van der Waals surface area contributed by atoms with Gasteiger partial charge >= 0.3 is 0 Å². The van der Waals surface area contributed by atoms with E-state index in [1.54, 1.807) is 26.0 Å². The van der Waals surface area contributed by atoms with Crippen molar-refractivity contribution in [3.05, 3.63) is 41.2 Å². The van der Waals surface area contributed by atoms with E-state index in [1.807, 2.05) is 0 Å². The highest BCUT2D eigenvalue weighted by molar-refractivity contribution is 7.92. The van der Waals surface area contributed by atoms with Crippen LogP contribution in [0.2, 0.25) is 0 Å². The number of carbonyl (C=O) groups is 2. The van der Waals surface area contributed by atoms with E-state index < -0.39 is 10.0 Å². The van der Waals surface area contributed by atoms with Gasteiger partial charge in [0.15, 0.2) is 5.82 Å². The highest BCUT2D eigenvalue weighted by Gasteiger charge is 2.47. The highest BCUT2D eigenvalue weighted by atomic mass is 32.2. The molecule has 1 saturated heterocycles. The summed E-state index contributed by atoms with van der Waals surface area (Å²) in [5.41, 5.74) is 1.14. The Kier molecular flexibility index (Phi) is 4.94. The number of fused-ring (bicyclic) bond motifs is 1. The molecule has 0 bridgehead atoms. The lowest BCUT2D eigenvalue weighted by molar-refractivity contribution is -0.140. The standard InChI is InChI=1S/C20H23N3O5S/c1-12-7-8-14(10-17(12)29(26,27)22-18-9-13(2)28-21-18)11-23-19(24)15-5-3-4-6-16(15)20(23)25/h7-10,15-16H,3-6,11H2,1-2H3,(H,21,22)/t15-,16+. The first-order chi connectivity index (χ1) is 13.8. The highest BCUT2D eigenvalue weighted by Crippen LogP contribution is 2.38. The summed E-state index contributed by atoms with van der Waals surface area (Å²) in [6.07, 6.45) is 3.43. The number of aromatic nitrogens is 1. The van der Waals surface area contributed by atoms with Crippen LogP contribution in [0.25, 0.3) is 0 Å². The van der Waals surface area contributed by atoms with Gasteiger partial charge in [0, 0.05) is 6.07 Å². The van der Waals surface area contributed by atoms with Gasteiger partial charge in [0.05, 0.1) is 23.3 Å². The zero-order valence-electron chi connectivity index (χ0n) is 16.3. The van der Waals surface area contributed by atoms with Gasteiger partial charge in [-0.2, -0.15) is 0 Å². The van der Waals surface area contributed by atoms with Crippen molar-refractivity contribution in [2.24, 2.45) is 11.8 Å². The van der Waals surface area contributed by atoms with Crippen LogP contribution in [0.4, 0.5) is 5.82 Å². The Morgan fingerprint density at radius 3 is 2.34 bits per heavy atom. The smallest absolute Gasteiger partial charge is 0.263 e. The van der Waals surface area contributed by atoms with Crippen LogP contribution in [0.1, 0.15) is 42.6 Å². The average Bonchev–Trinajstić information content (AvgIpc) is 3.19. The molecule has 2 amide bonds. The molecule has 9 heteroatoms. The molecule has 1 N–H and O–H groups in total. The number of anilines is 1. The van der Waals surface area contributed by atoms with Crippen LogP contribution in [-0.4, -0.2) is 30.3 Å². The molecular formula is C20H23N3O5S. The van der Waals surface area contributed by atoms with Crippen molar-refractivity contribution >= 4 is 27.7 Å². The minimum absolute atomic E-state index is 0.0761. The van der Waals surface area contributed by atoms with E-state index >= 15 is 0 Å². The second kappa shape index (κ2) is 7.29. The summed E-state index contributed by atoms with van der Waals surface area (Å²) < 4.78 is 32.9. The number of hydrogen-bond acceptors (Lipinski definition) is 6. The number of hydrogen-bond donors (Lipinski definition) is 1. The van der Waals surface area contributed by atoms with Gasteiger partial charge in [-0.15, -0.1) is 0 Å². The van der Waals surface area contributed by atoms with E-state index in [4.69, 9.17) is 4.52 Å². The molecule has 2 fully saturated rings. The Labute approximate surface area is 169 Å². The molecule has 2 heterocycles. The number of nitrogens with one attached hydrogen (secondary N) is 1. The summed E-state index contributed by atoms with van der Waals surface area (Å²) in [6.45, 7) is 3.43. The van der Waals surface area contributed by atoms with Gasteiger partial charge in [0.2, 0.25) is 11.8 Å². The fourth-order valence-corrected chi connectivity index (χ4v) is 5.49. The zero-order chi connectivity index (χ0) is 20.8. The van der Waals surface area contributed by atoms with Crippen molar-refractivity contribution < 1.29 is 22.5 Å². The molecule has 2 aliphatic rings. The summed E-state index contributed by atoms with van der Waals surface area (Å²) in [5, 5.41) is 3.66. The number of aryl methyl sites for hydroxylation is 2. The minimum Gasteiger partial charge on any atom is -0.360 e. The second-order valence-corrected chi connectivity index (χ2v) is 9.44. The lowest BCUT2D eigenvalue weighted by Crippen LogP contribution is -2.30. The Morgan fingerprint density at radius 2 is 1.76 bits per heavy atom. The number of rotatable bonds is 5. The summed E-state index contributed by atoms with van der Waals surface area (Å²) in [4.78, 5) is 26.8. The molecule has 29 heavy (non-hydrogen) atoms. The Balaban J connectivity index is 1.58. The molecule has 1 aliphatic carbocycles. The van der Waals surface area contributed by atoms with E-state index in [9.17, 15) is 18.0 Å². The van der Waals surface area contributed by atoms with E-state index in [-0.39, 0.29) is 40.9 Å². The molecule has 154 valence electrons. The van der Waals surface area contributed by atoms with Crippen LogP contribution < -0.4 is 4.72 Å². The van der Waals surface area contributed by atoms with Crippen molar-refractivity contribution in [1.29, 1.82) is 0 Å². The third-order valence-electron chi connectivity index (χ3n) is 5.68. The predicted molar refractivity (Wildman–Crippen MR) is 104 cm³/mol. The van der Waals surface area contributed by atoms with Gasteiger partial charge in [0.1, 0.15) is 5.76 Å². The normalized spacial score (nSPS) is 22.1. The molecule has 1 aromatic heterocycles. The van der Waals surface area contributed by atoms with Gasteiger partial charge in [-0.05, 0) is 43.9 Å². The third-order valence-corrected chi connectivity index (χ3v) is 7.18. The van der Waals surface area contributed by atoms with Gasteiger partial charge in [-0.3, -0.25) is 19.2 Å². The molecule has 1 saturated carbocycles. The largest absolute Gasteiger partial charge is 0.360 e. The summed E-state index contributed by atoms with van der Waals surface area (Å²) in [5.74, 6) is -0.132. The molecule has 0 spiro atoms. The maximum atomic E-state index is 12.8. The first kappa shape index (κ1) is 19.6. The number of sulfonamides is 1. The number of imide groups is 1. The maximum Gasteiger partial charge on any atom is 0.263 e. The summed E-state index contributed by atoms with van der Waals surface area (Å²) >= 11 is 0. The van der Waals surface area contributed by atoms with E-state index in [0.717, 1.165) is 25.7 Å².